The van der Waals surface area contributed by atoms with Crippen LogP contribution in [0, 0.1) is 0 Å². The minimum atomic E-state index is -0.386. The molecule has 1 atom stereocenters. The number of hydrogen-bond donors (Lipinski definition) is 0. The average molecular weight is 205 g/mol. The van der Waals surface area contributed by atoms with Crippen LogP contribution in [0.25, 0.3) is 0 Å². The van der Waals surface area contributed by atoms with Gasteiger partial charge < -0.3 is 9.64 Å². The van der Waals surface area contributed by atoms with E-state index in [0.29, 0.717) is 12.1 Å². The Hall–Kier alpha value is -1.84. The molecule has 1 unspecified atom stereocenters. The van der Waals surface area contributed by atoms with Gasteiger partial charge in [-0.05, 0) is 12.1 Å². The highest BCUT2D eigenvalue weighted by molar-refractivity contribution is 5.99. The molecule has 1 fully saturated rings. The largest absolute Gasteiger partial charge is 0.467 e. The second-order valence-corrected chi connectivity index (χ2v) is 3.36. The van der Waals surface area contributed by atoms with E-state index >= 15 is 0 Å². The lowest BCUT2D eigenvalue weighted by molar-refractivity contribution is -0.140. The van der Waals surface area contributed by atoms with Crippen molar-refractivity contribution in [3.05, 3.63) is 35.9 Å². The molecule has 2 rings (SSSR count). The van der Waals surface area contributed by atoms with Gasteiger partial charge in [0.2, 0.25) is 0 Å². The van der Waals surface area contributed by atoms with Crippen molar-refractivity contribution in [3.8, 4) is 0 Å². The predicted octanol–water partition coefficient (Wildman–Crippen LogP) is 0.684. The van der Waals surface area contributed by atoms with Crippen LogP contribution in [0.4, 0.5) is 0 Å². The van der Waals surface area contributed by atoms with Gasteiger partial charge in [0, 0.05) is 5.56 Å². The lowest BCUT2D eigenvalue weighted by Crippen LogP contribution is -2.19. The highest BCUT2D eigenvalue weighted by Gasteiger charge is 2.45. The van der Waals surface area contributed by atoms with Gasteiger partial charge in [-0.25, -0.2) is 4.79 Å². The standard InChI is InChI=1S/C11H11NO3/c1-15-11(14)9-7-12(9)10(13)8-5-3-2-4-6-8/h2-6,9H,7H2,1H3. The zero-order valence-electron chi connectivity index (χ0n) is 8.34. The summed E-state index contributed by atoms with van der Waals surface area (Å²) in [6, 6.07) is 8.51. The number of carbonyl (C=O) groups excluding carboxylic acids is 2. The molecule has 1 aromatic carbocycles. The van der Waals surface area contributed by atoms with Crippen LogP contribution < -0.4 is 0 Å². The molecule has 0 saturated carbocycles. The summed E-state index contributed by atoms with van der Waals surface area (Å²) in [6.45, 7) is 0.459. The van der Waals surface area contributed by atoms with E-state index in [1.165, 1.54) is 12.0 Å². The lowest BCUT2D eigenvalue weighted by atomic mass is 10.2. The number of ether oxygens (including phenoxy) is 1. The third-order valence-electron chi connectivity index (χ3n) is 2.37. The Morgan fingerprint density at radius 2 is 2.00 bits per heavy atom. The fraction of sp³-hybridized carbons (Fsp3) is 0.273. The van der Waals surface area contributed by atoms with Crippen LogP contribution in [-0.4, -0.2) is 36.5 Å². The molecule has 1 amide bonds. The molecule has 4 heteroatoms. The average Bonchev–Trinajstić information content (AvgIpc) is 3.08. The van der Waals surface area contributed by atoms with Crippen molar-refractivity contribution in [1.82, 2.24) is 4.90 Å². The van der Waals surface area contributed by atoms with Gasteiger partial charge in [0.05, 0.1) is 13.7 Å². The highest BCUT2D eigenvalue weighted by Crippen LogP contribution is 2.21. The van der Waals surface area contributed by atoms with E-state index in [2.05, 4.69) is 4.74 Å². The first-order valence-corrected chi connectivity index (χ1v) is 4.68. The van der Waals surface area contributed by atoms with Crippen LogP contribution >= 0.6 is 0 Å². The van der Waals surface area contributed by atoms with E-state index in [4.69, 9.17) is 0 Å². The van der Waals surface area contributed by atoms with Gasteiger partial charge in [-0.3, -0.25) is 4.79 Å². The molecule has 0 spiro atoms. The van der Waals surface area contributed by atoms with E-state index in [1.807, 2.05) is 6.07 Å². The van der Waals surface area contributed by atoms with E-state index in [1.54, 1.807) is 24.3 Å². The van der Waals surface area contributed by atoms with Crippen molar-refractivity contribution in [2.75, 3.05) is 13.7 Å². The smallest absolute Gasteiger partial charge is 0.330 e. The van der Waals surface area contributed by atoms with Crippen LogP contribution in [0.15, 0.2) is 30.3 Å². The second kappa shape index (κ2) is 3.73. The number of esters is 1. The molecule has 78 valence electrons. The Balaban J connectivity index is 2.04. The van der Waals surface area contributed by atoms with Crippen molar-refractivity contribution in [3.63, 3.8) is 0 Å². The summed E-state index contributed by atoms with van der Waals surface area (Å²) in [6.07, 6.45) is 0. The Labute approximate surface area is 87.4 Å². The summed E-state index contributed by atoms with van der Waals surface area (Å²) in [7, 11) is 1.33. The topological polar surface area (TPSA) is 46.4 Å². The van der Waals surface area contributed by atoms with E-state index in [0.717, 1.165) is 0 Å². The van der Waals surface area contributed by atoms with Gasteiger partial charge in [0.15, 0.2) is 0 Å². The molecule has 1 aromatic rings. The fourth-order valence-corrected chi connectivity index (χ4v) is 1.45. The monoisotopic (exact) mass is 205 g/mol. The normalized spacial score (nSPS) is 18.5. The van der Waals surface area contributed by atoms with Crippen LogP contribution in [-0.2, 0) is 9.53 Å². The minimum Gasteiger partial charge on any atom is -0.467 e. The van der Waals surface area contributed by atoms with Gasteiger partial charge in [-0.2, -0.15) is 0 Å². The van der Waals surface area contributed by atoms with E-state index in [-0.39, 0.29) is 17.9 Å². The zero-order chi connectivity index (χ0) is 10.8. The number of benzene rings is 1. The van der Waals surface area contributed by atoms with Crippen molar-refractivity contribution in [2.24, 2.45) is 0 Å². The highest BCUT2D eigenvalue weighted by atomic mass is 16.5. The molecule has 1 aliphatic heterocycles. The lowest BCUT2D eigenvalue weighted by Gasteiger charge is -2.02. The number of carbonyl (C=O) groups is 2. The Morgan fingerprint density at radius 3 is 2.60 bits per heavy atom. The molecule has 0 aliphatic carbocycles. The summed E-state index contributed by atoms with van der Waals surface area (Å²) in [5, 5.41) is 0. The molecule has 15 heavy (non-hydrogen) atoms. The molecule has 0 radical (unpaired) electrons. The molecule has 4 nitrogen and oxygen atoms in total. The van der Waals surface area contributed by atoms with Crippen molar-refractivity contribution < 1.29 is 14.3 Å². The van der Waals surface area contributed by atoms with Crippen LogP contribution in [0.1, 0.15) is 10.4 Å². The predicted molar refractivity (Wildman–Crippen MR) is 53.3 cm³/mol. The fourth-order valence-electron chi connectivity index (χ4n) is 1.45. The van der Waals surface area contributed by atoms with Crippen molar-refractivity contribution in [2.45, 2.75) is 6.04 Å². The summed E-state index contributed by atoms with van der Waals surface area (Å²) in [5.41, 5.74) is 0.601. The first kappa shape index (κ1) is 9.71. The quantitative estimate of drug-likeness (QED) is 0.527. The number of methoxy groups -OCH3 is 1. The van der Waals surface area contributed by atoms with Crippen LogP contribution in [0.5, 0.6) is 0 Å². The Kier molecular flexibility index (Phi) is 2.41. The maximum absolute atomic E-state index is 11.8. The third kappa shape index (κ3) is 1.83. The summed E-state index contributed by atoms with van der Waals surface area (Å²) < 4.78 is 4.56. The summed E-state index contributed by atoms with van der Waals surface area (Å²) >= 11 is 0. The first-order chi connectivity index (χ1) is 7.24. The number of hydrogen-bond acceptors (Lipinski definition) is 3. The first-order valence-electron chi connectivity index (χ1n) is 4.68. The number of rotatable bonds is 2. The van der Waals surface area contributed by atoms with Crippen LogP contribution in [0.3, 0.4) is 0 Å². The van der Waals surface area contributed by atoms with Crippen molar-refractivity contribution in [1.29, 1.82) is 0 Å². The summed E-state index contributed by atoms with van der Waals surface area (Å²) in [4.78, 5) is 24.3. The molecule has 0 N–H and O–H groups in total. The van der Waals surface area contributed by atoms with Gasteiger partial charge in [0.25, 0.3) is 5.91 Å². The molecule has 1 saturated heterocycles. The van der Waals surface area contributed by atoms with Gasteiger partial charge >= 0.3 is 5.97 Å². The Bertz CT molecular complexity index is 388. The van der Waals surface area contributed by atoms with Crippen LogP contribution in [0.2, 0.25) is 0 Å². The minimum absolute atomic E-state index is 0.119. The summed E-state index contributed by atoms with van der Waals surface area (Å²) in [5.74, 6) is -0.467. The van der Waals surface area contributed by atoms with Gasteiger partial charge in [-0.1, -0.05) is 18.2 Å². The third-order valence-corrected chi connectivity index (χ3v) is 2.37. The molecular formula is C11H11NO3. The van der Waals surface area contributed by atoms with Gasteiger partial charge in [0.1, 0.15) is 6.04 Å². The number of amides is 1. The Morgan fingerprint density at radius 1 is 1.33 bits per heavy atom. The SMILES string of the molecule is COC(=O)C1CN1C(=O)c1ccccc1. The molecule has 1 heterocycles. The number of nitrogens with zero attached hydrogens (tertiary/aromatic N) is 1. The maximum Gasteiger partial charge on any atom is 0.330 e. The molecular weight excluding hydrogens is 194 g/mol. The maximum atomic E-state index is 11.8. The molecule has 0 bridgehead atoms. The second-order valence-electron chi connectivity index (χ2n) is 3.36. The molecule has 0 aromatic heterocycles. The van der Waals surface area contributed by atoms with E-state index < -0.39 is 0 Å². The van der Waals surface area contributed by atoms with E-state index in [9.17, 15) is 9.59 Å². The molecule has 1 aliphatic rings. The van der Waals surface area contributed by atoms with Gasteiger partial charge in [-0.15, -0.1) is 0 Å². The van der Waals surface area contributed by atoms with Crippen molar-refractivity contribution >= 4 is 11.9 Å². The zero-order valence-corrected chi connectivity index (χ0v) is 8.34.